The van der Waals surface area contributed by atoms with Crippen molar-refractivity contribution in [3.63, 3.8) is 0 Å². The zero-order valence-electron chi connectivity index (χ0n) is 7.30. The molecule has 0 heterocycles. The fourth-order valence-corrected chi connectivity index (χ4v) is 0.496. The zero-order chi connectivity index (χ0) is 9.23. The van der Waals surface area contributed by atoms with Gasteiger partial charge < -0.3 is 10.2 Å². The van der Waals surface area contributed by atoms with Gasteiger partial charge in [-0.2, -0.15) is 0 Å². The summed E-state index contributed by atoms with van der Waals surface area (Å²) in [4.78, 5) is 0. The highest BCUT2D eigenvalue weighted by molar-refractivity contribution is 5.27. The summed E-state index contributed by atoms with van der Waals surface area (Å²) in [6.45, 7) is 2.03. The van der Waals surface area contributed by atoms with Gasteiger partial charge in [-0.15, -0.1) is 0 Å². The normalized spacial score (nSPS) is 10.6. The van der Waals surface area contributed by atoms with E-state index in [1.165, 1.54) is 0 Å². The third-order valence-electron chi connectivity index (χ3n) is 1.24. The lowest BCUT2D eigenvalue weighted by atomic mass is 10.3. The van der Waals surface area contributed by atoms with Gasteiger partial charge in [-0.3, -0.25) is 0 Å². The highest BCUT2D eigenvalue weighted by Gasteiger charge is 1.88. The first-order valence-corrected chi connectivity index (χ1v) is 4.08. The van der Waals surface area contributed by atoms with E-state index in [9.17, 15) is 0 Å². The minimum Gasteiger partial charge on any atom is -0.396 e. The summed E-state index contributed by atoms with van der Waals surface area (Å²) in [6, 6.07) is 0. The molecule has 0 bridgehead atoms. The van der Waals surface area contributed by atoms with Crippen molar-refractivity contribution >= 4 is 0 Å². The van der Waals surface area contributed by atoms with Gasteiger partial charge in [-0.1, -0.05) is 18.8 Å². The quantitative estimate of drug-likeness (QED) is 0.474. The monoisotopic (exact) mass is 166 g/mol. The Balaban J connectivity index is 3.58. The third kappa shape index (κ3) is 7.15. The molecule has 66 valence electrons. The molecule has 0 radical (unpaired) electrons. The minimum atomic E-state index is -0.558. The van der Waals surface area contributed by atoms with Crippen LogP contribution in [0.1, 0.15) is 26.2 Å². The SMILES string of the molecule is CCC(O)C#CC#CCCCO. The molecule has 0 aliphatic rings. The van der Waals surface area contributed by atoms with Crippen LogP contribution in [0.15, 0.2) is 0 Å². The van der Waals surface area contributed by atoms with Crippen molar-refractivity contribution in [3.05, 3.63) is 0 Å². The smallest absolute Gasteiger partial charge is 0.115 e. The molecule has 0 aromatic carbocycles. The number of unbranched alkanes of at least 4 members (excludes halogenated alkanes) is 1. The van der Waals surface area contributed by atoms with Gasteiger partial charge in [0.05, 0.1) is 0 Å². The lowest BCUT2D eigenvalue weighted by molar-refractivity contribution is 0.228. The van der Waals surface area contributed by atoms with Gasteiger partial charge in [0.2, 0.25) is 0 Å². The summed E-state index contributed by atoms with van der Waals surface area (Å²) in [5.74, 6) is 10.5. The second kappa shape index (κ2) is 8.14. The van der Waals surface area contributed by atoms with E-state index in [4.69, 9.17) is 10.2 Å². The predicted molar refractivity (Wildman–Crippen MR) is 48.2 cm³/mol. The maximum absolute atomic E-state index is 8.98. The molecule has 2 heteroatoms. The van der Waals surface area contributed by atoms with Gasteiger partial charge in [-0.25, -0.2) is 0 Å². The molecule has 2 nitrogen and oxygen atoms in total. The first kappa shape index (κ1) is 11.0. The van der Waals surface area contributed by atoms with E-state index in [0.717, 1.165) is 0 Å². The van der Waals surface area contributed by atoms with Gasteiger partial charge in [0, 0.05) is 13.0 Å². The molecule has 0 spiro atoms. The van der Waals surface area contributed by atoms with Crippen LogP contribution in [0, 0.1) is 23.7 Å². The average Bonchev–Trinajstić information content (AvgIpc) is 2.10. The highest BCUT2D eigenvalue weighted by atomic mass is 16.3. The molecule has 0 aromatic rings. The second-order valence-electron chi connectivity index (χ2n) is 2.32. The molecule has 0 aromatic heterocycles. The summed E-state index contributed by atoms with van der Waals surface area (Å²) in [6.07, 6.45) is 1.42. The minimum absolute atomic E-state index is 0.166. The standard InChI is InChI=1S/C10H14O2/c1-2-10(12)8-6-4-3-5-7-9-11/h10-12H,2,5,7,9H2,1H3. The first-order chi connectivity index (χ1) is 5.81. The van der Waals surface area contributed by atoms with Crippen LogP contribution < -0.4 is 0 Å². The topological polar surface area (TPSA) is 40.5 Å². The van der Waals surface area contributed by atoms with Crippen LogP contribution in [0.4, 0.5) is 0 Å². The molecule has 0 aliphatic heterocycles. The summed E-state index contributed by atoms with van der Waals surface area (Å²) in [5, 5.41) is 17.4. The summed E-state index contributed by atoms with van der Waals surface area (Å²) in [5.41, 5.74) is 0. The number of hydrogen-bond acceptors (Lipinski definition) is 2. The number of hydrogen-bond donors (Lipinski definition) is 2. The van der Waals surface area contributed by atoms with Crippen molar-refractivity contribution in [2.24, 2.45) is 0 Å². The van der Waals surface area contributed by atoms with Crippen molar-refractivity contribution in [2.75, 3.05) is 6.61 Å². The number of aliphatic hydroxyl groups excluding tert-OH is 2. The van der Waals surface area contributed by atoms with E-state index < -0.39 is 6.10 Å². The second-order valence-corrected chi connectivity index (χ2v) is 2.32. The molecule has 0 fully saturated rings. The Kier molecular flexibility index (Phi) is 7.49. The van der Waals surface area contributed by atoms with E-state index >= 15 is 0 Å². The lowest BCUT2D eigenvalue weighted by Gasteiger charge is -1.91. The Morgan fingerprint density at radius 3 is 2.67 bits per heavy atom. The fourth-order valence-electron chi connectivity index (χ4n) is 0.496. The first-order valence-electron chi connectivity index (χ1n) is 4.08. The Morgan fingerprint density at radius 1 is 1.33 bits per heavy atom. The van der Waals surface area contributed by atoms with Gasteiger partial charge in [0.15, 0.2) is 0 Å². The van der Waals surface area contributed by atoms with Crippen LogP contribution in [-0.2, 0) is 0 Å². The van der Waals surface area contributed by atoms with Crippen LogP contribution in [0.3, 0.4) is 0 Å². The Morgan fingerprint density at radius 2 is 2.08 bits per heavy atom. The van der Waals surface area contributed by atoms with Gasteiger partial charge in [0.25, 0.3) is 0 Å². The van der Waals surface area contributed by atoms with E-state index in [2.05, 4.69) is 23.7 Å². The van der Waals surface area contributed by atoms with Crippen molar-refractivity contribution in [3.8, 4) is 23.7 Å². The van der Waals surface area contributed by atoms with Crippen LogP contribution >= 0.6 is 0 Å². The molecular formula is C10H14O2. The van der Waals surface area contributed by atoms with Crippen LogP contribution in [0.2, 0.25) is 0 Å². The van der Waals surface area contributed by atoms with Crippen LogP contribution in [-0.4, -0.2) is 22.9 Å². The molecule has 12 heavy (non-hydrogen) atoms. The molecule has 0 saturated heterocycles. The van der Waals surface area contributed by atoms with Crippen molar-refractivity contribution < 1.29 is 10.2 Å². The zero-order valence-corrected chi connectivity index (χ0v) is 7.30. The largest absolute Gasteiger partial charge is 0.396 e. The molecule has 0 aliphatic carbocycles. The Hall–Kier alpha value is -0.960. The predicted octanol–water partition coefficient (Wildman–Crippen LogP) is 0.537. The molecule has 0 saturated carbocycles. The summed E-state index contributed by atoms with van der Waals surface area (Å²) in [7, 11) is 0. The van der Waals surface area contributed by atoms with Gasteiger partial charge in [0.1, 0.15) is 6.10 Å². The van der Waals surface area contributed by atoms with E-state index in [0.29, 0.717) is 19.3 Å². The highest BCUT2D eigenvalue weighted by Crippen LogP contribution is 1.85. The van der Waals surface area contributed by atoms with Crippen LogP contribution in [0.25, 0.3) is 0 Å². The lowest BCUT2D eigenvalue weighted by Crippen LogP contribution is -1.98. The third-order valence-corrected chi connectivity index (χ3v) is 1.24. The molecule has 2 N–H and O–H groups in total. The van der Waals surface area contributed by atoms with E-state index in [1.54, 1.807) is 0 Å². The molecular weight excluding hydrogens is 152 g/mol. The van der Waals surface area contributed by atoms with Crippen molar-refractivity contribution in [2.45, 2.75) is 32.3 Å². The average molecular weight is 166 g/mol. The summed E-state index contributed by atoms with van der Waals surface area (Å²) < 4.78 is 0. The molecule has 1 unspecified atom stereocenters. The maximum atomic E-state index is 8.98. The van der Waals surface area contributed by atoms with Gasteiger partial charge in [-0.05, 0) is 24.7 Å². The number of rotatable bonds is 3. The number of aliphatic hydroxyl groups is 2. The van der Waals surface area contributed by atoms with E-state index in [-0.39, 0.29) is 6.61 Å². The van der Waals surface area contributed by atoms with Crippen molar-refractivity contribution in [1.29, 1.82) is 0 Å². The van der Waals surface area contributed by atoms with Crippen LogP contribution in [0.5, 0.6) is 0 Å². The van der Waals surface area contributed by atoms with Gasteiger partial charge >= 0.3 is 0 Å². The Labute approximate surface area is 73.6 Å². The fraction of sp³-hybridized carbons (Fsp3) is 0.600. The van der Waals surface area contributed by atoms with Crippen molar-refractivity contribution in [1.82, 2.24) is 0 Å². The summed E-state index contributed by atoms with van der Waals surface area (Å²) >= 11 is 0. The Bertz CT molecular complexity index is 211. The van der Waals surface area contributed by atoms with E-state index in [1.807, 2.05) is 6.92 Å². The molecule has 0 amide bonds. The molecule has 0 rings (SSSR count). The maximum Gasteiger partial charge on any atom is 0.115 e. The molecule has 1 atom stereocenters.